The standard InChI is InChI=1S/C9H11NO/c11-10-9-5-7-3-1-2-4-8(7)6-9/h1-4,9-11H,5-6H2. The van der Waals surface area contributed by atoms with Gasteiger partial charge in [-0.2, -0.15) is 0 Å². The Balaban J connectivity index is 2.27. The van der Waals surface area contributed by atoms with Crippen molar-refractivity contribution in [3.63, 3.8) is 0 Å². The van der Waals surface area contributed by atoms with E-state index in [9.17, 15) is 0 Å². The van der Waals surface area contributed by atoms with Gasteiger partial charge in [0.15, 0.2) is 0 Å². The zero-order valence-electron chi connectivity index (χ0n) is 6.25. The van der Waals surface area contributed by atoms with Gasteiger partial charge in [0.1, 0.15) is 0 Å². The lowest BCUT2D eigenvalue weighted by atomic mass is 10.1. The molecular weight excluding hydrogens is 138 g/mol. The van der Waals surface area contributed by atoms with Crippen molar-refractivity contribution in [2.45, 2.75) is 18.9 Å². The van der Waals surface area contributed by atoms with Crippen molar-refractivity contribution >= 4 is 0 Å². The van der Waals surface area contributed by atoms with Crippen molar-refractivity contribution in [2.24, 2.45) is 0 Å². The highest BCUT2D eigenvalue weighted by atomic mass is 16.5. The van der Waals surface area contributed by atoms with Crippen LogP contribution in [0.4, 0.5) is 0 Å². The topological polar surface area (TPSA) is 32.3 Å². The average Bonchev–Trinajstić information content (AvgIpc) is 2.46. The fourth-order valence-corrected chi connectivity index (χ4v) is 1.65. The zero-order chi connectivity index (χ0) is 7.68. The first-order valence-corrected chi connectivity index (χ1v) is 3.86. The summed E-state index contributed by atoms with van der Waals surface area (Å²) in [6.45, 7) is 0. The van der Waals surface area contributed by atoms with Crippen LogP contribution in [0.3, 0.4) is 0 Å². The predicted octanol–water partition coefficient (Wildman–Crippen LogP) is 1.13. The largest absolute Gasteiger partial charge is 0.317 e. The summed E-state index contributed by atoms with van der Waals surface area (Å²) in [4.78, 5) is 0. The molecule has 2 nitrogen and oxygen atoms in total. The monoisotopic (exact) mass is 149 g/mol. The smallest absolute Gasteiger partial charge is 0.0400 e. The number of benzene rings is 1. The minimum Gasteiger partial charge on any atom is -0.317 e. The van der Waals surface area contributed by atoms with Crippen molar-refractivity contribution in [1.82, 2.24) is 5.48 Å². The Morgan fingerprint density at radius 2 is 1.73 bits per heavy atom. The van der Waals surface area contributed by atoms with Crippen LogP contribution in [-0.4, -0.2) is 11.2 Å². The van der Waals surface area contributed by atoms with Crippen molar-refractivity contribution in [3.8, 4) is 0 Å². The Kier molecular flexibility index (Phi) is 1.64. The lowest BCUT2D eigenvalue weighted by Gasteiger charge is -2.02. The van der Waals surface area contributed by atoms with Crippen LogP contribution < -0.4 is 5.48 Å². The first-order valence-electron chi connectivity index (χ1n) is 3.86. The second-order valence-electron chi connectivity index (χ2n) is 3.00. The molecule has 2 heteroatoms. The van der Waals surface area contributed by atoms with Crippen LogP contribution in [0.15, 0.2) is 24.3 Å². The zero-order valence-corrected chi connectivity index (χ0v) is 6.25. The van der Waals surface area contributed by atoms with Gasteiger partial charge < -0.3 is 5.21 Å². The van der Waals surface area contributed by atoms with E-state index in [1.807, 2.05) is 12.1 Å². The van der Waals surface area contributed by atoms with E-state index < -0.39 is 0 Å². The maximum absolute atomic E-state index is 8.69. The molecule has 0 aliphatic heterocycles. The number of hydroxylamine groups is 1. The lowest BCUT2D eigenvalue weighted by Crippen LogP contribution is -2.25. The molecule has 0 unspecified atom stereocenters. The van der Waals surface area contributed by atoms with Gasteiger partial charge in [0, 0.05) is 6.04 Å². The van der Waals surface area contributed by atoms with Crippen LogP contribution in [0.25, 0.3) is 0 Å². The number of hydrogen-bond donors (Lipinski definition) is 2. The number of hydrogen-bond acceptors (Lipinski definition) is 2. The minimum atomic E-state index is 0.229. The molecule has 0 amide bonds. The lowest BCUT2D eigenvalue weighted by molar-refractivity contribution is 0.129. The second-order valence-corrected chi connectivity index (χ2v) is 3.00. The summed E-state index contributed by atoms with van der Waals surface area (Å²) in [6, 6.07) is 8.55. The molecule has 0 saturated carbocycles. The summed E-state index contributed by atoms with van der Waals surface area (Å²) >= 11 is 0. The van der Waals surface area contributed by atoms with Crippen molar-refractivity contribution in [2.75, 3.05) is 0 Å². The molecule has 11 heavy (non-hydrogen) atoms. The number of rotatable bonds is 1. The van der Waals surface area contributed by atoms with Crippen LogP contribution in [0.1, 0.15) is 11.1 Å². The third-order valence-electron chi connectivity index (χ3n) is 2.23. The molecule has 1 aromatic rings. The minimum absolute atomic E-state index is 0.229. The fourth-order valence-electron chi connectivity index (χ4n) is 1.65. The Hall–Kier alpha value is -0.860. The molecule has 0 aromatic heterocycles. The molecule has 0 spiro atoms. The van der Waals surface area contributed by atoms with Crippen LogP contribution in [0.5, 0.6) is 0 Å². The summed E-state index contributed by atoms with van der Waals surface area (Å²) in [6.07, 6.45) is 1.90. The van der Waals surface area contributed by atoms with E-state index in [0.29, 0.717) is 0 Å². The summed E-state index contributed by atoms with van der Waals surface area (Å²) in [5.74, 6) is 0. The van der Waals surface area contributed by atoms with E-state index in [-0.39, 0.29) is 6.04 Å². The maximum Gasteiger partial charge on any atom is 0.0400 e. The molecular formula is C9H11NO. The summed E-state index contributed by atoms with van der Waals surface area (Å²) in [5, 5.41) is 8.69. The van der Waals surface area contributed by atoms with E-state index in [2.05, 4.69) is 17.6 Å². The Bertz CT molecular complexity index is 234. The molecule has 2 rings (SSSR count). The first-order chi connectivity index (χ1) is 5.40. The van der Waals surface area contributed by atoms with Gasteiger partial charge in [-0.15, -0.1) is 0 Å². The molecule has 0 radical (unpaired) electrons. The van der Waals surface area contributed by atoms with E-state index in [4.69, 9.17) is 5.21 Å². The fraction of sp³-hybridized carbons (Fsp3) is 0.333. The highest BCUT2D eigenvalue weighted by Crippen LogP contribution is 2.20. The molecule has 2 N–H and O–H groups in total. The van der Waals surface area contributed by atoms with Crippen molar-refractivity contribution in [3.05, 3.63) is 35.4 Å². The quantitative estimate of drug-likeness (QED) is 0.587. The molecule has 1 aromatic carbocycles. The van der Waals surface area contributed by atoms with Gasteiger partial charge in [-0.3, -0.25) is 0 Å². The molecule has 1 aliphatic rings. The van der Waals surface area contributed by atoms with E-state index in [1.54, 1.807) is 0 Å². The Morgan fingerprint density at radius 1 is 1.18 bits per heavy atom. The molecule has 0 heterocycles. The van der Waals surface area contributed by atoms with Crippen LogP contribution in [-0.2, 0) is 12.8 Å². The van der Waals surface area contributed by atoms with Crippen LogP contribution >= 0.6 is 0 Å². The molecule has 0 saturated heterocycles. The van der Waals surface area contributed by atoms with Crippen molar-refractivity contribution in [1.29, 1.82) is 0 Å². The summed E-state index contributed by atoms with van der Waals surface area (Å²) < 4.78 is 0. The molecule has 0 atom stereocenters. The molecule has 58 valence electrons. The van der Waals surface area contributed by atoms with Crippen LogP contribution in [0.2, 0.25) is 0 Å². The van der Waals surface area contributed by atoms with Gasteiger partial charge >= 0.3 is 0 Å². The molecule has 1 aliphatic carbocycles. The maximum atomic E-state index is 8.69. The van der Waals surface area contributed by atoms with Gasteiger partial charge in [0.05, 0.1) is 0 Å². The normalized spacial score (nSPS) is 16.8. The number of nitrogens with one attached hydrogen (secondary N) is 1. The van der Waals surface area contributed by atoms with Crippen molar-refractivity contribution < 1.29 is 5.21 Å². The molecule has 0 bridgehead atoms. The van der Waals surface area contributed by atoms with Gasteiger partial charge in [-0.05, 0) is 24.0 Å². The van der Waals surface area contributed by atoms with Gasteiger partial charge in [0.2, 0.25) is 0 Å². The van der Waals surface area contributed by atoms with Gasteiger partial charge in [0.25, 0.3) is 0 Å². The molecule has 0 fully saturated rings. The third-order valence-corrected chi connectivity index (χ3v) is 2.23. The summed E-state index contributed by atoms with van der Waals surface area (Å²) in [5.41, 5.74) is 5.03. The van der Waals surface area contributed by atoms with Gasteiger partial charge in [-0.25, -0.2) is 5.48 Å². The van der Waals surface area contributed by atoms with Gasteiger partial charge in [-0.1, -0.05) is 24.3 Å². The average molecular weight is 149 g/mol. The first kappa shape index (κ1) is 6.83. The summed E-state index contributed by atoms with van der Waals surface area (Å²) in [7, 11) is 0. The predicted molar refractivity (Wildman–Crippen MR) is 42.6 cm³/mol. The van der Waals surface area contributed by atoms with E-state index in [1.165, 1.54) is 11.1 Å². The van der Waals surface area contributed by atoms with Crippen LogP contribution in [0, 0.1) is 0 Å². The van der Waals surface area contributed by atoms with E-state index in [0.717, 1.165) is 12.8 Å². The Morgan fingerprint density at radius 3 is 2.18 bits per heavy atom. The Labute approximate surface area is 65.8 Å². The number of fused-ring (bicyclic) bond motifs is 1. The van der Waals surface area contributed by atoms with E-state index >= 15 is 0 Å². The third kappa shape index (κ3) is 1.15. The highest BCUT2D eigenvalue weighted by Gasteiger charge is 2.19. The highest BCUT2D eigenvalue weighted by molar-refractivity contribution is 5.32. The second kappa shape index (κ2) is 2.64. The SMILES string of the molecule is ONC1Cc2ccccc2C1.